The van der Waals surface area contributed by atoms with Crippen LogP contribution in [0.4, 0.5) is 0 Å². The highest BCUT2D eigenvalue weighted by Crippen LogP contribution is 2.18. The fourth-order valence-corrected chi connectivity index (χ4v) is 1.04. The molecule has 0 saturated heterocycles. The molecule has 1 aromatic heterocycles. The number of phenols is 1. The standard InChI is InChI=1S/C8H8N4O/c1-12-10-8(9-11-12)6-3-2-4-7(13)5-6/h2-5,13H,1H3. The first-order chi connectivity index (χ1) is 6.25. The Bertz CT molecular complexity index is 424. The number of aromatic hydroxyl groups is 1. The van der Waals surface area contributed by atoms with Crippen molar-refractivity contribution < 1.29 is 5.11 Å². The van der Waals surface area contributed by atoms with Crippen LogP contribution in [0.2, 0.25) is 0 Å². The second-order valence-electron chi connectivity index (χ2n) is 2.65. The van der Waals surface area contributed by atoms with Crippen molar-refractivity contribution in [1.82, 2.24) is 20.2 Å². The van der Waals surface area contributed by atoms with Crippen molar-refractivity contribution in [2.75, 3.05) is 0 Å². The predicted octanol–water partition coefficient (Wildman–Crippen LogP) is 0.583. The van der Waals surface area contributed by atoms with E-state index in [1.807, 2.05) is 6.07 Å². The van der Waals surface area contributed by atoms with Gasteiger partial charge in [-0.25, -0.2) is 0 Å². The number of tetrazole rings is 1. The third-order valence-electron chi connectivity index (χ3n) is 1.61. The molecular formula is C8H8N4O. The Morgan fingerprint density at radius 1 is 1.38 bits per heavy atom. The minimum absolute atomic E-state index is 0.199. The van der Waals surface area contributed by atoms with Gasteiger partial charge in [-0.1, -0.05) is 12.1 Å². The highest BCUT2D eigenvalue weighted by Gasteiger charge is 2.03. The van der Waals surface area contributed by atoms with Crippen LogP contribution in [0.3, 0.4) is 0 Å². The van der Waals surface area contributed by atoms with E-state index in [1.165, 1.54) is 4.80 Å². The average Bonchev–Trinajstić information content (AvgIpc) is 2.52. The maximum atomic E-state index is 9.20. The number of hydrogen-bond donors (Lipinski definition) is 1. The summed E-state index contributed by atoms with van der Waals surface area (Å²) in [5.41, 5.74) is 0.758. The maximum absolute atomic E-state index is 9.20. The largest absolute Gasteiger partial charge is 0.508 e. The molecular weight excluding hydrogens is 168 g/mol. The third kappa shape index (κ3) is 1.48. The van der Waals surface area contributed by atoms with Gasteiger partial charge in [0, 0.05) is 5.56 Å². The number of nitrogens with zero attached hydrogens (tertiary/aromatic N) is 4. The molecule has 0 amide bonds. The molecule has 0 fully saturated rings. The number of aryl methyl sites for hydroxylation is 1. The highest BCUT2D eigenvalue weighted by molar-refractivity contribution is 5.56. The molecule has 0 aliphatic rings. The zero-order chi connectivity index (χ0) is 9.26. The number of benzene rings is 1. The van der Waals surface area contributed by atoms with Crippen molar-refractivity contribution in [3.8, 4) is 17.1 Å². The highest BCUT2D eigenvalue weighted by atomic mass is 16.3. The summed E-state index contributed by atoms with van der Waals surface area (Å²) in [5.74, 6) is 0.711. The van der Waals surface area contributed by atoms with Crippen LogP contribution < -0.4 is 0 Å². The molecule has 2 aromatic rings. The molecule has 1 aromatic carbocycles. The van der Waals surface area contributed by atoms with Gasteiger partial charge in [0.2, 0.25) is 5.82 Å². The molecule has 0 atom stereocenters. The predicted molar refractivity (Wildman–Crippen MR) is 45.9 cm³/mol. The Balaban J connectivity index is 2.46. The Labute approximate surface area is 74.6 Å². The smallest absolute Gasteiger partial charge is 0.205 e. The second-order valence-corrected chi connectivity index (χ2v) is 2.65. The molecule has 13 heavy (non-hydrogen) atoms. The first-order valence-electron chi connectivity index (χ1n) is 3.79. The summed E-state index contributed by atoms with van der Waals surface area (Å²) >= 11 is 0. The number of hydrogen-bond acceptors (Lipinski definition) is 4. The van der Waals surface area contributed by atoms with E-state index in [-0.39, 0.29) is 5.75 Å². The summed E-state index contributed by atoms with van der Waals surface area (Å²) in [6, 6.07) is 6.74. The summed E-state index contributed by atoms with van der Waals surface area (Å²) in [4.78, 5) is 1.37. The van der Waals surface area contributed by atoms with Gasteiger partial charge in [0.1, 0.15) is 5.75 Å². The number of rotatable bonds is 1. The first kappa shape index (κ1) is 7.72. The Kier molecular flexibility index (Phi) is 1.70. The van der Waals surface area contributed by atoms with Gasteiger partial charge in [0.05, 0.1) is 7.05 Å². The minimum Gasteiger partial charge on any atom is -0.508 e. The van der Waals surface area contributed by atoms with Crippen molar-refractivity contribution in [2.24, 2.45) is 7.05 Å². The van der Waals surface area contributed by atoms with Crippen molar-refractivity contribution in [1.29, 1.82) is 0 Å². The molecule has 0 saturated carbocycles. The van der Waals surface area contributed by atoms with E-state index in [0.717, 1.165) is 5.56 Å². The first-order valence-corrected chi connectivity index (χ1v) is 3.79. The Hall–Kier alpha value is -1.91. The summed E-state index contributed by atoms with van der Waals surface area (Å²) in [5, 5.41) is 20.7. The molecule has 0 bridgehead atoms. The van der Waals surface area contributed by atoms with E-state index in [9.17, 15) is 5.11 Å². The molecule has 2 rings (SSSR count). The van der Waals surface area contributed by atoms with E-state index in [1.54, 1.807) is 25.2 Å². The zero-order valence-electron chi connectivity index (χ0n) is 7.05. The van der Waals surface area contributed by atoms with Crippen LogP contribution in [-0.4, -0.2) is 25.3 Å². The SMILES string of the molecule is Cn1nnc(-c2cccc(O)c2)n1. The molecule has 0 aliphatic carbocycles. The molecule has 1 heterocycles. The van der Waals surface area contributed by atoms with Gasteiger partial charge < -0.3 is 5.11 Å². The van der Waals surface area contributed by atoms with Gasteiger partial charge in [-0.05, 0) is 17.3 Å². The van der Waals surface area contributed by atoms with Gasteiger partial charge in [0.15, 0.2) is 0 Å². The van der Waals surface area contributed by atoms with Crippen molar-refractivity contribution in [3.05, 3.63) is 24.3 Å². The molecule has 0 unspecified atom stereocenters. The van der Waals surface area contributed by atoms with Gasteiger partial charge >= 0.3 is 0 Å². The van der Waals surface area contributed by atoms with Gasteiger partial charge in [-0.2, -0.15) is 4.80 Å². The lowest BCUT2D eigenvalue weighted by Gasteiger charge is -1.94. The normalized spacial score (nSPS) is 10.2. The van der Waals surface area contributed by atoms with Crippen LogP contribution in [-0.2, 0) is 7.05 Å². The van der Waals surface area contributed by atoms with Gasteiger partial charge in [-0.15, -0.1) is 10.2 Å². The quantitative estimate of drug-likeness (QED) is 0.690. The van der Waals surface area contributed by atoms with E-state index >= 15 is 0 Å². The van der Waals surface area contributed by atoms with Crippen LogP contribution in [0.25, 0.3) is 11.4 Å². The molecule has 5 heteroatoms. The van der Waals surface area contributed by atoms with E-state index in [4.69, 9.17) is 0 Å². The number of aromatic nitrogens is 4. The van der Waals surface area contributed by atoms with Crippen molar-refractivity contribution in [2.45, 2.75) is 0 Å². The summed E-state index contributed by atoms with van der Waals surface area (Å²) in [6.07, 6.45) is 0. The summed E-state index contributed by atoms with van der Waals surface area (Å²) in [7, 11) is 1.69. The zero-order valence-corrected chi connectivity index (χ0v) is 7.05. The van der Waals surface area contributed by atoms with Crippen LogP contribution >= 0.6 is 0 Å². The van der Waals surface area contributed by atoms with Crippen molar-refractivity contribution in [3.63, 3.8) is 0 Å². The van der Waals surface area contributed by atoms with E-state index < -0.39 is 0 Å². The Morgan fingerprint density at radius 3 is 2.85 bits per heavy atom. The third-order valence-corrected chi connectivity index (χ3v) is 1.61. The van der Waals surface area contributed by atoms with E-state index in [2.05, 4.69) is 15.4 Å². The summed E-state index contributed by atoms with van der Waals surface area (Å²) < 4.78 is 0. The van der Waals surface area contributed by atoms with Gasteiger partial charge in [-0.3, -0.25) is 0 Å². The molecule has 0 spiro atoms. The lowest BCUT2D eigenvalue weighted by Crippen LogP contribution is -1.91. The van der Waals surface area contributed by atoms with Crippen LogP contribution in [0, 0.1) is 0 Å². The molecule has 5 nitrogen and oxygen atoms in total. The lowest BCUT2D eigenvalue weighted by atomic mass is 10.2. The molecule has 66 valence electrons. The summed E-state index contributed by atoms with van der Waals surface area (Å²) in [6.45, 7) is 0. The fourth-order valence-electron chi connectivity index (χ4n) is 1.04. The maximum Gasteiger partial charge on any atom is 0.205 e. The Morgan fingerprint density at radius 2 is 2.23 bits per heavy atom. The van der Waals surface area contributed by atoms with Crippen LogP contribution in [0.15, 0.2) is 24.3 Å². The van der Waals surface area contributed by atoms with E-state index in [0.29, 0.717) is 5.82 Å². The molecule has 0 aliphatic heterocycles. The van der Waals surface area contributed by atoms with Gasteiger partial charge in [0.25, 0.3) is 0 Å². The molecule has 1 N–H and O–H groups in total. The number of phenolic OH excluding ortho intramolecular Hbond substituents is 1. The lowest BCUT2D eigenvalue weighted by molar-refractivity contribution is 0.475. The van der Waals surface area contributed by atoms with Crippen molar-refractivity contribution >= 4 is 0 Å². The second kappa shape index (κ2) is 2.85. The van der Waals surface area contributed by atoms with Crippen LogP contribution in [0.5, 0.6) is 5.75 Å². The average molecular weight is 176 g/mol. The fraction of sp³-hybridized carbons (Fsp3) is 0.125. The topological polar surface area (TPSA) is 63.8 Å². The molecule has 0 radical (unpaired) electrons. The minimum atomic E-state index is 0.199. The monoisotopic (exact) mass is 176 g/mol. The van der Waals surface area contributed by atoms with Crippen LogP contribution in [0.1, 0.15) is 0 Å².